The lowest BCUT2D eigenvalue weighted by Crippen LogP contribution is -2.49. The zero-order valence-corrected chi connectivity index (χ0v) is 11.8. The minimum atomic E-state index is -0.357. The second-order valence-electron chi connectivity index (χ2n) is 4.90. The Morgan fingerprint density at radius 1 is 1.44 bits per heavy atom. The number of aliphatic hydroxyl groups excluding tert-OH is 1. The summed E-state index contributed by atoms with van der Waals surface area (Å²) in [5.74, 6) is 0.0236. The summed E-state index contributed by atoms with van der Waals surface area (Å²) in [6.45, 7) is 0.0452. The van der Waals surface area contributed by atoms with Crippen LogP contribution < -0.4 is 5.32 Å². The van der Waals surface area contributed by atoms with Crippen molar-refractivity contribution in [3.05, 3.63) is 21.3 Å². The third-order valence-electron chi connectivity index (χ3n) is 3.50. The molecule has 0 aliphatic heterocycles. The van der Waals surface area contributed by atoms with Gasteiger partial charge in [-0.2, -0.15) is 0 Å². The Morgan fingerprint density at radius 3 is 2.72 bits per heavy atom. The number of carbonyl (C=O) groups excluding carboxylic acids is 1. The molecule has 100 valence electrons. The SMILES string of the molecule is O=C(CCc1ccc(Cl)s1)NC1(CO)CCCC1. The lowest BCUT2D eigenvalue weighted by atomic mass is 9.98. The second-order valence-corrected chi connectivity index (χ2v) is 6.70. The molecule has 1 aliphatic rings. The fraction of sp³-hybridized carbons (Fsp3) is 0.615. The van der Waals surface area contributed by atoms with E-state index in [1.807, 2.05) is 12.1 Å². The Morgan fingerprint density at radius 2 is 2.17 bits per heavy atom. The van der Waals surface area contributed by atoms with Crippen LogP contribution in [-0.2, 0) is 11.2 Å². The van der Waals surface area contributed by atoms with Crippen molar-refractivity contribution in [2.45, 2.75) is 44.1 Å². The van der Waals surface area contributed by atoms with Crippen molar-refractivity contribution in [2.24, 2.45) is 0 Å². The summed E-state index contributed by atoms with van der Waals surface area (Å²) in [6.07, 6.45) is 5.12. The predicted molar refractivity (Wildman–Crippen MR) is 74.1 cm³/mol. The van der Waals surface area contributed by atoms with Crippen LogP contribution in [-0.4, -0.2) is 23.2 Å². The Balaban J connectivity index is 1.81. The number of aryl methyl sites for hydroxylation is 1. The van der Waals surface area contributed by atoms with Crippen LogP contribution in [0.25, 0.3) is 0 Å². The van der Waals surface area contributed by atoms with E-state index in [1.54, 1.807) is 0 Å². The van der Waals surface area contributed by atoms with Gasteiger partial charge in [0.05, 0.1) is 16.5 Å². The van der Waals surface area contributed by atoms with Gasteiger partial charge in [0.1, 0.15) is 0 Å². The molecule has 0 unspecified atom stereocenters. The smallest absolute Gasteiger partial charge is 0.220 e. The summed E-state index contributed by atoms with van der Waals surface area (Å²) in [5, 5.41) is 12.4. The zero-order chi connectivity index (χ0) is 13.0. The van der Waals surface area contributed by atoms with Crippen LogP contribution in [0, 0.1) is 0 Å². The lowest BCUT2D eigenvalue weighted by Gasteiger charge is -2.27. The Kier molecular flexibility index (Phi) is 4.65. The molecule has 1 aromatic rings. The fourth-order valence-corrected chi connectivity index (χ4v) is 3.54. The normalized spacial score (nSPS) is 17.9. The highest BCUT2D eigenvalue weighted by molar-refractivity contribution is 7.16. The van der Waals surface area contributed by atoms with Crippen molar-refractivity contribution < 1.29 is 9.90 Å². The maximum absolute atomic E-state index is 11.9. The fourth-order valence-electron chi connectivity index (χ4n) is 2.46. The highest BCUT2D eigenvalue weighted by Crippen LogP contribution is 2.29. The highest BCUT2D eigenvalue weighted by Gasteiger charge is 2.34. The van der Waals surface area contributed by atoms with E-state index in [0.717, 1.165) is 34.9 Å². The average Bonchev–Trinajstić information content (AvgIpc) is 2.97. The first-order chi connectivity index (χ1) is 8.63. The van der Waals surface area contributed by atoms with Crippen LogP contribution in [0.3, 0.4) is 0 Å². The number of amides is 1. The molecule has 1 aliphatic carbocycles. The number of rotatable bonds is 5. The van der Waals surface area contributed by atoms with Gasteiger partial charge in [0.25, 0.3) is 0 Å². The quantitative estimate of drug-likeness (QED) is 0.875. The van der Waals surface area contributed by atoms with Gasteiger partial charge >= 0.3 is 0 Å². The van der Waals surface area contributed by atoms with E-state index in [1.165, 1.54) is 11.3 Å². The van der Waals surface area contributed by atoms with Crippen LogP contribution in [0.5, 0.6) is 0 Å². The molecule has 18 heavy (non-hydrogen) atoms. The number of nitrogens with one attached hydrogen (secondary N) is 1. The first-order valence-corrected chi connectivity index (χ1v) is 7.49. The summed E-state index contributed by atoms with van der Waals surface area (Å²) >= 11 is 7.36. The Labute approximate surface area is 116 Å². The molecule has 1 heterocycles. The van der Waals surface area contributed by atoms with E-state index in [0.29, 0.717) is 12.8 Å². The molecule has 1 aromatic heterocycles. The summed E-state index contributed by atoms with van der Waals surface area (Å²) in [4.78, 5) is 13.0. The predicted octanol–water partition coefficient (Wildman–Crippen LogP) is 2.76. The van der Waals surface area contributed by atoms with Gasteiger partial charge in [0.2, 0.25) is 5.91 Å². The van der Waals surface area contributed by atoms with Crippen molar-refractivity contribution in [1.82, 2.24) is 5.32 Å². The maximum atomic E-state index is 11.9. The molecule has 0 spiro atoms. The molecule has 2 rings (SSSR count). The number of hydrogen-bond acceptors (Lipinski definition) is 3. The molecule has 5 heteroatoms. The minimum Gasteiger partial charge on any atom is -0.394 e. The number of aliphatic hydroxyl groups is 1. The van der Waals surface area contributed by atoms with Gasteiger partial charge in [-0.05, 0) is 31.4 Å². The molecule has 3 nitrogen and oxygen atoms in total. The third kappa shape index (κ3) is 3.46. The summed E-state index contributed by atoms with van der Waals surface area (Å²) in [5.41, 5.74) is -0.357. The van der Waals surface area contributed by atoms with Crippen LogP contribution in [0.2, 0.25) is 4.34 Å². The molecular formula is C13H18ClNO2S. The van der Waals surface area contributed by atoms with Crippen molar-refractivity contribution in [2.75, 3.05) is 6.61 Å². The van der Waals surface area contributed by atoms with E-state index in [2.05, 4.69) is 5.32 Å². The number of hydrogen-bond donors (Lipinski definition) is 2. The monoisotopic (exact) mass is 287 g/mol. The molecule has 2 N–H and O–H groups in total. The van der Waals surface area contributed by atoms with Crippen molar-refractivity contribution in [3.8, 4) is 0 Å². The number of halogens is 1. The van der Waals surface area contributed by atoms with Gasteiger partial charge in [0.15, 0.2) is 0 Å². The topological polar surface area (TPSA) is 49.3 Å². The molecular weight excluding hydrogens is 270 g/mol. The first kappa shape index (κ1) is 13.8. The van der Waals surface area contributed by atoms with Crippen LogP contribution in [0.1, 0.15) is 37.0 Å². The molecule has 1 fully saturated rings. The van der Waals surface area contributed by atoms with E-state index in [9.17, 15) is 9.90 Å². The van der Waals surface area contributed by atoms with Crippen molar-refractivity contribution in [3.63, 3.8) is 0 Å². The summed E-state index contributed by atoms with van der Waals surface area (Å²) in [7, 11) is 0. The second kappa shape index (κ2) is 6.04. The number of thiophene rings is 1. The molecule has 1 saturated carbocycles. The zero-order valence-electron chi connectivity index (χ0n) is 10.2. The minimum absolute atomic E-state index is 0.0236. The van der Waals surface area contributed by atoms with Gasteiger partial charge in [-0.3, -0.25) is 4.79 Å². The van der Waals surface area contributed by atoms with Crippen LogP contribution >= 0.6 is 22.9 Å². The molecule has 1 amide bonds. The van der Waals surface area contributed by atoms with Crippen LogP contribution in [0.4, 0.5) is 0 Å². The third-order valence-corrected chi connectivity index (χ3v) is 4.79. The lowest BCUT2D eigenvalue weighted by molar-refractivity contribution is -0.123. The average molecular weight is 288 g/mol. The van der Waals surface area contributed by atoms with E-state index < -0.39 is 0 Å². The molecule has 0 aromatic carbocycles. The van der Waals surface area contributed by atoms with Gasteiger partial charge in [0, 0.05) is 11.3 Å². The maximum Gasteiger partial charge on any atom is 0.220 e. The van der Waals surface area contributed by atoms with Gasteiger partial charge in [-0.1, -0.05) is 24.4 Å². The number of carbonyl (C=O) groups is 1. The summed E-state index contributed by atoms with van der Waals surface area (Å²) in [6, 6.07) is 3.81. The van der Waals surface area contributed by atoms with E-state index in [4.69, 9.17) is 11.6 Å². The molecule has 0 bridgehead atoms. The van der Waals surface area contributed by atoms with Gasteiger partial charge in [-0.25, -0.2) is 0 Å². The van der Waals surface area contributed by atoms with Crippen LogP contribution in [0.15, 0.2) is 12.1 Å². The van der Waals surface area contributed by atoms with Gasteiger partial charge in [-0.15, -0.1) is 11.3 Å². The van der Waals surface area contributed by atoms with Gasteiger partial charge < -0.3 is 10.4 Å². The van der Waals surface area contributed by atoms with E-state index >= 15 is 0 Å². The van der Waals surface area contributed by atoms with Crippen molar-refractivity contribution in [1.29, 1.82) is 0 Å². The molecule has 0 saturated heterocycles. The Hall–Kier alpha value is -0.580. The van der Waals surface area contributed by atoms with Crippen molar-refractivity contribution >= 4 is 28.8 Å². The Bertz CT molecular complexity index is 413. The highest BCUT2D eigenvalue weighted by atomic mass is 35.5. The molecule has 0 atom stereocenters. The standard InChI is InChI=1S/C13H18ClNO2S/c14-11-5-3-10(18-11)4-6-12(17)15-13(9-16)7-1-2-8-13/h3,5,16H,1-2,4,6-9H2,(H,15,17). The summed E-state index contributed by atoms with van der Waals surface area (Å²) < 4.78 is 0.757. The largest absolute Gasteiger partial charge is 0.394 e. The van der Waals surface area contributed by atoms with E-state index in [-0.39, 0.29) is 18.1 Å². The molecule has 0 radical (unpaired) electrons. The first-order valence-electron chi connectivity index (χ1n) is 6.30.